The molecule has 0 spiro atoms. The van der Waals surface area contributed by atoms with Crippen molar-refractivity contribution >= 4 is 5.97 Å². The van der Waals surface area contributed by atoms with Crippen molar-refractivity contribution in [3.63, 3.8) is 0 Å². The predicted octanol–water partition coefficient (Wildman–Crippen LogP) is 2.16. The normalized spacial score (nSPS) is 11.6. The van der Waals surface area contributed by atoms with E-state index >= 15 is 0 Å². The molecule has 0 saturated heterocycles. The van der Waals surface area contributed by atoms with Crippen LogP contribution < -0.4 is 0 Å². The number of aliphatic carboxylic acids is 1. The van der Waals surface area contributed by atoms with E-state index in [0.717, 1.165) is 5.56 Å². The molecule has 1 unspecified atom stereocenters. The van der Waals surface area contributed by atoms with Crippen LogP contribution in [0.2, 0.25) is 0 Å². The summed E-state index contributed by atoms with van der Waals surface area (Å²) in [6.07, 6.45) is 0.641. The smallest absolute Gasteiger partial charge is 0.311 e. The van der Waals surface area contributed by atoms with E-state index in [9.17, 15) is 4.79 Å². The first-order valence-electron chi connectivity index (χ1n) is 4.40. The van der Waals surface area contributed by atoms with Crippen LogP contribution in [-0.2, 0) is 4.79 Å². The second-order valence-corrected chi connectivity index (χ2v) is 3.00. The second-order valence-electron chi connectivity index (χ2n) is 3.00. The Kier molecular flexibility index (Phi) is 3.69. The summed E-state index contributed by atoms with van der Waals surface area (Å²) in [7, 11) is 0. The summed E-state index contributed by atoms with van der Waals surface area (Å²) in [6, 6.07) is 11.0. The monoisotopic (exact) mass is 189 g/mol. The summed E-state index contributed by atoms with van der Waals surface area (Å²) < 4.78 is 0. The molecule has 0 aliphatic heterocycles. The number of carbonyl (C=O) groups is 1. The zero-order valence-corrected chi connectivity index (χ0v) is 7.68. The molecule has 3 nitrogen and oxygen atoms in total. The van der Waals surface area contributed by atoms with Gasteiger partial charge in [0.2, 0.25) is 0 Å². The molecular weight excluding hydrogens is 178 g/mol. The SMILES string of the molecule is N#CCCC(C(=O)O)c1ccccc1. The highest BCUT2D eigenvalue weighted by Gasteiger charge is 2.18. The molecule has 0 heterocycles. The van der Waals surface area contributed by atoms with Crippen LogP contribution in [0.25, 0.3) is 0 Å². The number of nitriles is 1. The topological polar surface area (TPSA) is 61.1 Å². The largest absolute Gasteiger partial charge is 0.481 e. The molecular formula is C11H11NO2. The molecule has 72 valence electrons. The lowest BCUT2D eigenvalue weighted by Crippen LogP contribution is -2.11. The van der Waals surface area contributed by atoms with Crippen LogP contribution in [0.4, 0.5) is 0 Å². The van der Waals surface area contributed by atoms with Gasteiger partial charge in [0.05, 0.1) is 12.0 Å². The zero-order chi connectivity index (χ0) is 10.4. The summed E-state index contributed by atoms with van der Waals surface area (Å²) in [5, 5.41) is 17.3. The zero-order valence-electron chi connectivity index (χ0n) is 7.68. The Morgan fingerprint density at radius 1 is 1.43 bits per heavy atom. The molecule has 14 heavy (non-hydrogen) atoms. The van der Waals surface area contributed by atoms with Gasteiger partial charge in [-0.3, -0.25) is 4.79 Å². The maximum absolute atomic E-state index is 10.9. The van der Waals surface area contributed by atoms with Crippen LogP contribution in [0.1, 0.15) is 24.3 Å². The molecule has 1 atom stereocenters. The third-order valence-electron chi connectivity index (χ3n) is 2.04. The van der Waals surface area contributed by atoms with E-state index in [1.54, 1.807) is 24.3 Å². The van der Waals surface area contributed by atoms with E-state index in [1.165, 1.54) is 0 Å². The summed E-state index contributed by atoms with van der Waals surface area (Å²) in [5.41, 5.74) is 0.759. The Balaban J connectivity index is 2.79. The van der Waals surface area contributed by atoms with Crippen LogP contribution in [0.5, 0.6) is 0 Å². The van der Waals surface area contributed by atoms with Gasteiger partial charge in [-0.1, -0.05) is 30.3 Å². The van der Waals surface area contributed by atoms with Gasteiger partial charge in [-0.25, -0.2) is 0 Å². The van der Waals surface area contributed by atoms with Gasteiger partial charge in [0, 0.05) is 6.42 Å². The minimum Gasteiger partial charge on any atom is -0.481 e. The van der Waals surface area contributed by atoms with Crippen molar-refractivity contribution in [3.05, 3.63) is 35.9 Å². The molecule has 0 aliphatic rings. The van der Waals surface area contributed by atoms with Crippen molar-refractivity contribution < 1.29 is 9.90 Å². The van der Waals surface area contributed by atoms with Crippen molar-refractivity contribution in [1.29, 1.82) is 5.26 Å². The molecule has 0 aromatic heterocycles. The summed E-state index contributed by atoms with van der Waals surface area (Å²) >= 11 is 0. The quantitative estimate of drug-likeness (QED) is 0.789. The summed E-state index contributed by atoms with van der Waals surface area (Å²) in [6.45, 7) is 0. The standard InChI is InChI=1S/C11H11NO2/c12-8-4-7-10(11(13)14)9-5-2-1-3-6-9/h1-3,5-6,10H,4,7H2,(H,13,14). The first-order chi connectivity index (χ1) is 6.75. The Labute approximate surface area is 82.6 Å². The number of hydrogen-bond acceptors (Lipinski definition) is 2. The maximum atomic E-state index is 10.9. The van der Waals surface area contributed by atoms with Gasteiger partial charge in [-0.15, -0.1) is 0 Å². The minimum absolute atomic E-state index is 0.270. The number of carboxylic acids is 1. The number of nitrogens with zero attached hydrogens (tertiary/aromatic N) is 1. The van der Waals surface area contributed by atoms with E-state index in [0.29, 0.717) is 6.42 Å². The number of benzene rings is 1. The minimum atomic E-state index is -0.869. The van der Waals surface area contributed by atoms with E-state index < -0.39 is 11.9 Å². The lowest BCUT2D eigenvalue weighted by atomic mass is 9.95. The number of carboxylic acid groups (broad SMARTS) is 1. The van der Waals surface area contributed by atoms with Crippen LogP contribution in [0.15, 0.2) is 30.3 Å². The van der Waals surface area contributed by atoms with Gasteiger partial charge in [0.1, 0.15) is 0 Å². The van der Waals surface area contributed by atoms with Crippen LogP contribution in [0.3, 0.4) is 0 Å². The average Bonchev–Trinajstić information content (AvgIpc) is 2.19. The Morgan fingerprint density at radius 2 is 2.07 bits per heavy atom. The van der Waals surface area contributed by atoms with E-state index in [4.69, 9.17) is 10.4 Å². The number of hydrogen-bond donors (Lipinski definition) is 1. The van der Waals surface area contributed by atoms with Crippen molar-refractivity contribution in [1.82, 2.24) is 0 Å². The van der Waals surface area contributed by atoms with E-state index in [-0.39, 0.29) is 6.42 Å². The fraction of sp³-hybridized carbons (Fsp3) is 0.273. The van der Waals surface area contributed by atoms with Gasteiger partial charge in [-0.2, -0.15) is 5.26 Å². The fourth-order valence-corrected chi connectivity index (χ4v) is 1.33. The molecule has 0 saturated carbocycles. The van der Waals surface area contributed by atoms with Crippen molar-refractivity contribution in [2.45, 2.75) is 18.8 Å². The Morgan fingerprint density at radius 3 is 2.57 bits per heavy atom. The average molecular weight is 189 g/mol. The maximum Gasteiger partial charge on any atom is 0.311 e. The van der Waals surface area contributed by atoms with Gasteiger partial charge in [-0.05, 0) is 12.0 Å². The molecule has 0 fully saturated rings. The first kappa shape index (κ1) is 10.3. The van der Waals surface area contributed by atoms with E-state index in [1.807, 2.05) is 12.1 Å². The van der Waals surface area contributed by atoms with Crippen molar-refractivity contribution in [2.24, 2.45) is 0 Å². The molecule has 1 rings (SSSR count). The third-order valence-corrected chi connectivity index (χ3v) is 2.04. The van der Waals surface area contributed by atoms with Gasteiger partial charge < -0.3 is 5.11 Å². The van der Waals surface area contributed by atoms with Crippen LogP contribution >= 0.6 is 0 Å². The second kappa shape index (κ2) is 5.03. The van der Waals surface area contributed by atoms with Crippen molar-refractivity contribution in [2.75, 3.05) is 0 Å². The predicted molar refractivity (Wildman–Crippen MR) is 51.7 cm³/mol. The molecule has 0 amide bonds. The Hall–Kier alpha value is -1.82. The van der Waals surface area contributed by atoms with E-state index in [2.05, 4.69) is 0 Å². The third kappa shape index (κ3) is 2.60. The lowest BCUT2D eigenvalue weighted by Gasteiger charge is -2.09. The van der Waals surface area contributed by atoms with Gasteiger partial charge >= 0.3 is 5.97 Å². The molecule has 1 aromatic rings. The number of rotatable bonds is 4. The van der Waals surface area contributed by atoms with Crippen molar-refractivity contribution in [3.8, 4) is 6.07 Å². The molecule has 0 aliphatic carbocycles. The summed E-state index contributed by atoms with van der Waals surface area (Å²) in [4.78, 5) is 10.9. The van der Waals surface area contributed by atoms with Gasteiger partial charge in [0.25, 0.3) is 0 Å². The molecule has 0 radical (unpaired) electrons. The highest BCUT2D eigenvalue weighted by molar-refractivity contribution is 5.76. The lowest BCUT2D eigenvalue weighted by molar-refractivity contribution is -0.138. The highest BCUT2D eigenvalue weighted by Crippen LogP contribution is 2.20. The molecule has 0 bridgehead atoms. The highest BCUT2D eigenvalue weighted by atomic mass is 16.4. The van der Waals surface area contributed by atoms with Crippen LogP contribution in [-0.4, -0.2) is 11.1 Å². The summed E-state index contributed by atoms with van der Waals surface area (Å²) in [5.74, 6) is -1.43. The van der Waals surface area contributed by atoms with Gasteiger partial charge in [0.15, 0.2) is 0 Å². The van der Waals surface area contributed by atoms with Crippen LogP contribution in [0, 0.1) is 11.3 Å². The molecule has 1 aromatic carbocycles. The fourth-order valence-electron chi connectivity index (χ4n) is 1.33. The molecule has 3 heteroatoms. The molecule has 1 N–H and O–H groups in total. The first-order valence-corrected chi connectivity index (χ1v) is 4.40. The Bertz CT molecular complexity index is 340.